The average Bonchev–Trinajstić information content (AvgIpc) is 2.93. The summed E-state index contributed by atoms with van der Waals surface area (Å²) in [6.45, 7) is 2.19. The van der Waals surface area contributed by atoms with Crippen LogP contribution in [0.15, 0.2) is 127 Å². The Morgan fingerprint density at radius 1 is 0.343 bits per heavy atom. The van der Waals surface area contributed by atoms with E-state index in [1.165, 1.54) is 70.9 Å². The highest BCUT2D eigenvalue weighted by molar-refractivity contribution is 6.36. The van der Waals surface area contributed by atoms with E-state index in [9.17, 15) is 0 Å². The molecule has 0 nitrogen and oxygen atoms in total. The summed E-state index contributed by atoms with van der Waals surface area (Å²) in [7, 11) is 0. The number of hydrogen-bond acceptors (Lipinski definition) is 0. The summed E-state index contributed by atoms with van der Waals surface area (Å²) in [5.41, 5.74) is 6.43. The third kappa shape index (κ3) is 3.00. The highest BCUT2D eigenvalue weighted by Crippen LogP contribution is 2.49. The molecule has 0 saturated heterocycles. The predicted molar refractivity (Wildman–Crippen MR) is 152 cm³/mol. The molecule has 0 unspecified atom stereocenters. The van der Waals surface area contributed by atoms with Crippen molar-refractivity contribution >= 4 is 43.1 Å². The van der Waals surface area contributed by atoms with Crippen molar-refractivity contribution in [2.45, 2.75) is 6.92 Å². The van der Waals surface area contributed by atoms with Gasteiger partial charge in [0.2, 0.25) is 0 Å². The quantitative estimate of drug-likeness (QED) is 0.184. The summed E-state index contributed by atoms with van der Waals surface area (Å²) in [6, 6.07) is 46.5. The number of hydrogen-bond donors (Lipinski definition) is 0. The summed E-state index contributed by atoms with van der Waals surface area (Å²) >= 11 is 0. The molecule has 35 heavy (non-hydrogen) atoms. The first-order chi connectivity index (χ1) is 17.3. The topological polar surface area (TPSA) is 0 Å². The fraction of sp³-hybridized carbons (Fsp3) is 0.0286. The van der Waals surface area contributed by atoms with Crippen LogP contribution in [-0.4, -0.2) is 0 Å². The van der Waals surface area contributed by atoms with Crippen LogP contribution < -0.4 is 0 Å². The van der Waals surface area contributed by atoms with Crippen LogP contribution in [0.5, 0.6) is 0 Å². The van der Waals surface area contributed by atoms with Gasteiger partial charge in [-0.05, 0) is 72.3 Å². The minimum atomic E-state index is 1.26. The van der Waals surface area contributed by atoms with E-state index in [-0.39, 0.29) is 0 Å². The molecule has 0 spiro atoms. The van der Waals surface area contributed by atoms with E-state index in [0.717, 1.165) is 0 Å². The van der Waals surface area contributed by atoms with E-state index in [1.54, 1.807) is 0 Å². The Morgan fingerprint density at radius 2 is 0.771 bits per heavy atom. The first-order valence-corrected chi connectivity index (χ1v) is 12.2. The number of fused-ring (bicyclic) bond motifs is 7. The predicted octanol–water partition coefficient (Wildman–Crippen LogP) is 9.94. The molecule has 0 aliphatic heterocycles. The second-order valence-electron chi connectivity index (χ2n) is 9.37. The molecule has 0 heteroatoms. The third-order valence-corrected chi connectivity index (χ3v) is 7.27. The Bertz CT molecular complexity index is 1880. The van der Waals surface area contributed by atoms with E-state index >= 15 is 0 Å². The van der Waals surface area contributed by atoms with Gasteiger partial charge in [-0.25, -0.2) is 0 Å². The molecule has 7 rings (SSSR count). The minimum absolute atomic E-state index is 1.26. The molecule has 0 bridgehead atoms. The molecule has 0 saturated carbocycles. The van der Waals surface area contributed by atoms with Crippen LogP contribution in [0.3, 0.4) is 0 Å². The zero-order valence-electron chi connectivity index (χ0n) is 19.6. The van der Waals surface area contributed by atoms with Gasteiger partial charge in [-0.2, -0.15) is 0 Å². The molecule has 0 radical (unpaired) electrons. The van der Waals surface area contributed by atoms with Gasteiger partial charge in [0.1, 0.15) is 0 Å². The van der Waals surface area contributed by atoms with Gasteiger partial charge in [-0.3, -0.25) is 0 Å². The van der Waals surface area contributed by atoms with E-state index < -0.39 is 0 Å². The Kier molecular flexibility index (Phi) is 4.47. The zero-order chi connectivity index (χ0) is 23.4. The van der Waals surface area contributed by atoms with Gasteiger partial charge in [0, 0.05) is 0 Å². The average molecular weight is 445 g/mol. The van der Waals surface area contributed by atoms with Crippen LogP contribution in [0.2, 0.25) is 0 Å². The van der Waals surface area contributed by atoms with Gasteiger partial charge in [-0.15, -0.1) is 0 Å². The van der Waals surface area contributed by atoms with Crippen LogP contribution in [0, 0.1) is 6.92 Å². The molecule has 164 valence electrons. The monoisotopic (exact) mass is 444 g/mol. The van der Waals surface area contributed by atoms with Crippen molar-refractivity contribution < 1.29 is 0 Å². The van der Waals surface area contributed by atoms with Crippen molar-refractivity contribution in [1.29, 1.82) is 0 Å². The molecule has 0 atom stereocenters. The van der Waals surface area contributed by atoms with Gasteiger partial charge in [0.05, 0.1) is 0 Å². The van der Waals surface area contributed by atoms with Crippen molar-refractivity contribution in [2.75, 3.05) is 0 Å². The molecule has 7 aromatic carbocycles. The summed E-state index contributed by atoms with van der Waals surface area (Å²) in [5, 5.41) is 10.5. The third-order valence-electron chi connectivity index (χ3n) is 7.27. The van der Waals surface area contributed by atoms with Crippen molar-refractivity contribution in [3.05, 3.63) is 133 Å². The Hall–Kier alpha value is -4.42. The van der Waals surface area contributed by atoms with Gasteiger partial charge in [0.15, 0.2) is 0 Å². The molecule has 0 aromatic heterocycles. The number of rotatable bonds is 2. The molecule has 0 aliphatic carbocycles. The lowest BCUT2D eigenvalue weighted by atomic mass is 9.81. The van der Waals surface area contributed by atoms with Crippen molar-refractivity contribution in [3.63, 3.8) is 0 Å². The summed E-state index contributed by atoms with van der Waals surface area (Å²) in [6.07, 6.45) is 0. The highest BCUT2D eigenvalue weighted by atomic mass is 14.2. The van der Waals surface area contributed by atoms with E-state index in [4.69, 9.17) is 0 Å². The van der Waals surface area contributed by atoms with Crippen molar-refractivity contribution in [1.82, 2.24) is 0 Å². The van der Waals surface area contributed by atoms with Crippen LogP contribution in [0.1, 0.15) is 5.56 Å². The Labute approximate surface area is 205 Å². The largest absolute Gasteiger partial charge is 0.0622 e. The normalized spacial score (nSPS) is 11.6. The second-order valence-corrected chi connectivity index (χ2v) is 9.37. The van der Waals surface area contributed by atoms with Crippen LogP contribution in [0.4, 0.5) is 0 Å². The molecule has 0 heterocycles. The zero-order valence-corrected chi connectivity index (χ0v) is 19.6. The van der Waals surface area contributed by atoms with E-state index in [0.29, 0.717) is 0 Å². The maximum absolute atomic E-state index is 2.37. The molecule has 0 N–H and O–H groups in total. The van der Waals surface area contributed by atoms with Gasteiger partial charge >= 0.3 is 0 Å². The fourth-order valence-electron chi connectivity index (χ4n) is 5.82. The smallest absolute Gasteiger partial charge is 0.000764 e. The van der Waals surface area contributed by atoms with Crippen LogP contribution in [0.25, 0.3) is 65.3 Å². The molecular formula is C35H24. The summed E-state index contributed by atoms with van der Waals surface area (Å²) in [5.74, 6) is 0. The van der Waals surface area contributed by atoms with E-state index in [1.807, 2.05) is 0 Å². The van der Waals surface area contributed by atoms with Crippen LogP contribution >= 0.6 is 0 Å². The molecular weight excluding hydrogens is 420 g/mol. The van der Waals surface area contributed by atoms with Gasteiger partial charge in [-0.1, -0.05) is 133 Å². The Balaban J connectivity index is 1.90. The highest BCUT2D eigenvalue weighted by Gasteiger charge is 2.21. The molecule has 0 aliphatic rings. The fourth-order valence-corrected chi connectivity index (χ4v) is 5.82. The SMILES string of the molecule is Cc1ccc2c(-c3ccccc3)c3c4ccccc4c4ccccc4c3c(-c3ccccc3)c2c1. The molecule has 0 fully saturated rings. The first kappa shape index (κ1) is 20.0. The molecule has 0 amide bonds. The maximum Gasteiger partial charge on any atom is -0.000764 e. The minimum Gasteiger partial charge on any atom is -0.0622 e. The number of aryl methyl sites for hydroxylation is 1. The lowest BCUT2D eigenvalue weighted by molar-refractivity contribution is 1.51. The van der Waals surface area contributed by atoms with Crippen molar-refractivity contribution in [2.24, 2.45) is 0 Å². The van der Waals surface area contributed by atoms with E-state index in [2.05, 4.69) is 134 Å². The Morgan fingerprint density at radius 3 is 1.29 bits per heavy atom. The number of benzene rings is 7. The standard InChI is InChI=1S/C35H24/c1-23-20-21-30-31(22-23)33(25-14-6-3-7-15-25)35-29-19-11-9-17-27(29)26-16-8-10-18-28(26)34(35)32(30)24-12-4-2-5-13-24/h2-22H,1H3. The van der Waals surface area contributed by atoms with Crippen LogP contribution in [-0.2, 0) is 0 Å². The summed E-state index contributed by atoms with van der Waals surface area (Å²) < 4.78 is 0. The van der Waals surface area contributed by atoms with Gasteiger partial charge < -0.3 is 0 Å². The second kappa shape index (κ2) is 7.82. The lowest BCUT2D eigenvalue weighted by Gasteiger charge is -2.21. The summed E-state index contributed by atoms with van der Waals surface area (Å²) in [4.78, 5) is 0. The maximum atomic E-state index is 2.37. The lowest BCUT2D eigenvalue weighted by Crippen LogP contribution is -1.94. The van der Waals surface area contributed by atoms with Gasteiger partial charge in [0.25, 0.3) is 0 Å². The van der Waals surface area contributed by atoms with Crippen molar-refractivity contribution in [3.8, 4) is 22.3 Å². The molecule has 7 aromatic rings. The first-order valence-electron chi connectivity index (χ1n) is 12.2.